The Morgan fingerprint density at radius 3 is 2.72 bits per heavy atom. The van der Waals surface area contributed by atoms with Crippen molar-refractivity contribution in [2.75, 3.05) is 4.90 Å². The van der Waals surface area contributed by atoms with Crippen molar-refractivity contribution in [3.8, 4) is 5.75 Å². The molecule has 0 aliphatic heterocycles. The first kappa shape index (κ1) is 25.9. The van der Waals surface area contributed by atoms with Gasteiger partial charge in [-0.25, -0.2) is 0 Å². The quantitative estimate of drug-likeness (QED) is 0.304. The molecule has 1 amide bonds. The van der Waals surface area contributed by atoms with Gasteiger partial charge in [0.25, 0.3) is 0 Å². The number of rotatable bonds is 11. The summed E-state index contributed by atoms with van der Waals surface area (Å²) in [6.45, 7) is 7.81. The van der Waals surface area contributed by atoms with Crippen LogP contribution in [0.25, 0.3) is 0 Å². The number of carbonyl (C=O) groups excluding carboxylic acids is 1. The van der Waals surface area contributed by atoms with E-state index in [0.717, 1.165) is 60.3 Å². The normalized spacial score (nSPS) is 15.2. The molecule has 36 heavy (non-hydrogen) atoms. The van der Waals surface area contributed by atoms with E-state index in [-0.39, 0.29) is 11.8 Å². The number of nitrogens with zero attached hydrogens (tertiary/aromatic N) is 4. The summed E-state index contributed by atoms with van der Waals surface area (Å²) in [5.41, 5.74) is 4.67. The molecule has 1 N–H and O–H groups in total. The lowest BCUT2D eigenvalue weighted by atomic mass is 9.81. The van der Waals surface area contributed by atoms with Crippen LogP contribution in [0.2, 0.25) is 0 Å². The lowest BCUT2D eigenvalue weighted by Gasteiger charge is -2.31. The van der Waals surface area contributed by atoms with Gasteiger partial charge in [-0.15, -0.1) is 0 Å². The molecular formula is C30H40N4O2. The number of phenols is 1. The van der Waals surface area contributed by atoms with E-state index in [1.165, 1.54) is 25.7 Å². The molecule has 2 aromatic heterocycles. The number of unbranched alkanes of at least 4 members (excludes halogenated alkanes) is 4. The number of fused-ring (bicyclic) bond motifs is 1. The standard InChI is InChI=1S/C30H40N4O2/c1-4-5-6-7-8-17-33-20-23(18-32-33)21-34(24-15-16-28(22(2)3)31-19-24)30(36)27-13-9-12-26-25(27)11-10-14-29(26)35/h10-11,14-16,18-20,22,27,35H,4-9,12-13,17,21H2,1-3H3. The number of amides is 1. The molecule has 1 aliphatic carbocycles. The maximum absolute atomic E-state index is 14.1. The minimum absolute atomic E-state index is 0.0490. The molecule has 0 fully saturated rings. The Morgan fingerprint density at radius 1 is 1.14 bits per heavy atom. The maximum atomic E-state index is 14.1. The Hall–Kier alpha value is -3.15. The molecule has 4 rings (SSSR count). The fourth-order valence-corrected chi connectivity index (χ4v) is 5.14. The van der Waals surface area contributed by atoms with Crippen LogP contribution in [0.1, 0.15) is 99.9 Å². The van der Waals surface area contributed by atoms with Crippen LogP contribution >= 0.6 is 0 Å². The van der Waals surface area contributed by atoms with Crippen molar-refractivity contribution in [1.29, 1.82) is 0 Å². The zero-order valence-electron chi connectivity index (χ0n) is 22.0. The molecule has 1 unspecified atom stereocenters. The highest BCUT2D eigenvalue weighted by molar-refractivity contribution is 5.98. The van der Waals surface area contributed by atoms with Crippen molar-refractivity contribution in [1.82, 2.24) is 14.8 Å². The molecule has 192 valence electrons. The third-order valence-corrected chi connectivity index (χ3v) is 7.24. The molecule has 0 radical (unpaired) electrons. The van der Waals surface area contributed by atoms with Gasteiger partial charge in [0.15, 0.2) is 0 Å². The molecule has 6 nitrogen and oxygen atoms in total. The second kappa shape index (κ2) is 12.2. The van der Waals surface area contributed by atoms with Crippen LogP contribution in [0.4, 0.5) is 5.69 Å². The Kier molecular flexibility index (Phi) is 8.79. The van der Waals surface area contributed by atoms with Crippen molar-refractivity contribution in [2.45, 2.75) is 97.1 Å². The van der Waals surface area contributed by atoms with Gasteiger partial charge in [-0.3, -0.25) is 14.5 Å². The second-order valence-electron chi connectivity index (χ2n) is 10.3. The smallest absolute Gasteiger partial charge is 0.234 e. The van der Waals surface area contributed by atoms with Crippen LogP contribution in [0.5, 0.6) is 5.75 Å². The van der Waals surface area contributed by atoms with E-state index in [9.17, 15) is 9.90 Å². The first-order valence-corrected chi connectivity index (χ1v) is 13.6. The Balaban J connectivity index is 1.57. The SMILES string of the molecule is CCCCCCCn1cc(CN(C(=O)C2CCCc3c(O)cccc32)c2ccc(C(C)C)nc2)cn1. The summed E-state index contributed by atoms with van der Waals surface area (Å²) in [4.78, 5) is 20.6. The molecular weight excluding hydrogens is 448 g/mol. The van der Waals surface area contributed by atoms with Crippen molar-refractivity contribution in [2.24, 2.45) is 0 Å². The van der Waals surface area contributed by atoms with E-state index < -0.39 is 0 Å². The highest BCUT2D eigenvalue weighted by Crippen LogP contribution is 2.38. The van der Waals surface area contributed by atoms with Crippen molar-refractivity contribution >= 4 is 11.6 Å². The largest absolute Gasteiger partial charge is 0.508 e. The Morgan fingerprint density at radius 2 is 1.97 bits per heavy atom. The van der Waals surface area contributed by atoms with Gasteiger partial charge < -0.3 is 10.0 Å². The van der Waals surface area contributed by atoms with E-state index in [4.69, 9.17) is 0 Å². The summed E-state index contributed by atoms with van der Waals surface area (Å²) in [7, 11) is 0. The van der Waals surface area contributed by atoms with Gasteiger partial charge in [-0.05, 0) is 60.9 Å². The van der Waals surface area contributed by atoms with E-state index in [1.807, 2.05) is 46.2 Å². The lowest BCUT2D eigenvalue weighted by Crippen LogP contribution is -2.36. The second-order valence-corrected chi connectivity index (χ2v) is 10.3. The predicted molar refractivity (Wildman–Crippen MR) is 144 cm³/mol. The zero-order valence-corrected chi connectivity index (χ0v) is 22.0. The number of phenolic OH excluding ortho intramolecular Hbond substituents is 1. The summed E-state index contributed by atoms with van der Waals surface area (Å²) in [5.74, 6) is 0.388. The number of carbonyl (C=O) groups is 1. The van der Waals surface area contributed by atoms with Crippen LogP contribution in [-0.4, -0.2) is 25.8 Å². The third-order valence-electron chi connectivity index (χ3n) is 7.24. The average molecular weight is 489 g/mol. The van der Waals surface area contributed by atoms with Crippen LogP contribution in [0.3, 0.4) is 0 Å². The van der Waals surface area contributed by atoms with Gasteiger partial charge in [0.1, 0.15) is 5.75 Å². The van der Waals surface area contributed by atoms with Crippen LogP contribution in [0.15, 0.2) is 48.9 Å². The first-order valence-electron chi connectivity index (χ1n) is 13.6. The number of aromatic nitrogens is 3. The minimum atomic E-state index is -0.278. The number of anilines is 1. The molecule has 3 aromatic rings. The molecule has 2 heterocycles. The van der Waals surface area contributed by atoms with Gasteiger partial charge in [0, 0.05) is 24.0 Å². The predicted octanol–water partition coefficient (Wildman–Crippen LogP) is 6.73. The summed E-state index contributed by atoms with van der Waals surface area (Å²) >= 11 is 0. The van der Waals surface area contributed by atoms with Gasteiger partial charge in [-0.2, -0.15) is 5.10 Å². The monoisotopic (exact) mass is 488 g/mol. The number of aromatic hydroxyl groups is 1. The van der Waals surface area contributed by atoms with Crippen molar-refractivity contribution < 1.29 is 9.90 Å². The van der Waals surface area contributed by atoms with E-state index in [2.05, 4.69) is 37.1 Å². The molecule has 6 heteroatoms. The highest BCUT2D eigenvalue weighted by Gasteiger charge is 2.32. The molecule has 1 aliphatic rings. The Bertz CT molecular complexity index is 1140. The van der Waals surface area contributed by atoms with Gasteiger partial charge in [-0.1, -0.05) is 58.6 Å². The number of hydrogen-bond acceptors (Lipinski definition) is 4. The molecule has 1 atom stereocenters. The summed E-state index contributed by atoms with van der Waals surface area (Å²) in [6, 6.07) is 9.57. The average Bonchev–Trinajstić information content (AvgIpc) is 3.34. The van der Waals surface area contributed by atoms with Gasteiger partial charge >= 0.3 is 0 Å². The van der Waals surface area contributed by atoms with E-state index in [1.54, 1.807) is 6.07 Å². The van der Waals surface area contributed by atoms with Gasteiger partial charge in [0.2, 0.25) is 5.91 Å². The topological polar surface area (TPSA) is 71.2 Å². The van der Waals surface area contributed by atoms with Crippen molar-refractivity contribution in [3.63, 3.8) is 0 Å². The van der Waals surface area contributed by atoms with E-state index >= 15 is 0 Å². The van der Waals surface area contributed by atoms with Crippen LogP contribution in [0, 0.1) is 0 Å². The fourth-order valence-electron chi connectivity index (χ4n) is 5.14. The molecule has 0 bridgehead atoms. The molecule has 0 saturated carbocycles. The summed E-state index contributed by atoms with van der Waals surface area (Å²) in [6.07, 6.45) is 14.4. The van der Waals surface area contributed by atoms with Crippen LogP contribution < -0.4 is 4.90 Å². The molecule has 1 aromatic carbocycles. The molecule has 0 spiro atoms. The minimum Gasteiger partial charge on any atom is -0.508 e. The molecule has 0 saturated heterocycles. The third kappa shape index (κ3) is 6.15. The summed E-state index contributed by atoms with van der Waals surface area (Å²) in [5, 5.41) is 15.0. The first-order chi connectivity index (χ1) is 17.5. The highest BCUT2D eigenvalue weighted by atomic mass is 16.3. The number of aryl methyl sites for hydroxylation is 1. The lowest BCUT2D eigenvalue weighted by molar-refractivity contribution is -0.120. The zero-order chi connectivity index (χ0) is 25.5. The number of benzene rings is 1. The van der Waals surface area contributed by atoms with Gasteiger partial charge in [0.05, 0.1) is 30.5 Å². The van der Waals surface area contributed by atoms with E-state index in [0.29, 0.717) is 18.2 Å². The number of pyridine rings is 1. The summed E-state index contributed by atoms with van der Waals surface area (Å²) < 4.78 is 2.00. The Labute approximate surface area is 215 Å². The number of hydrogen-bond donors (Lipinski definition) is 1. The van der Waals surface area contributed by atoms with Crippen molar-refractivity contribution in [3.05, 3.63) is 71.3 Å². The fraction of sp³-hybridized carbons (Fsp3) is 0.500. The van der Waals surface area contributed by atoms with Crippen LogP contribution in [-0.2, 0) is 24.3 Å². The maximum Gasteiger partial charge on any atom is 0.234 e.